The molecule has 9 nitrogen and oxygen atoms in total. The van der Waals surface area contributed by atoms with E-state index in [1.54, 1.807) is 35.2 Å². The topological polar surface area (TPSA) is 98.4 Å². The maximum absolute atomic E-state index is 13.1. The molecule has 3 rings (SSSR count). The third-order valence-electron chi connectivity index (χ3n) is 5.39. The van der Waals surface area contributed by atoms with Gasteiger partial charge in [0.1, 0.15) is 12.4 Å². The van der Waals surface area contributed by atoms with Gasteiger partial charge in [0.2, 0.25) is 11.7 Å². The fourth-order valence-electron chi connectivity index (χ4n) is 3.72. The summed E-state index contributed by atoms with van der Waals surface area (Å²) in [6, 6.07) is 8.09. The van der Waals surface area contributed by atoms with Gasteiger partial charge in [-0.25, -0.2) is 4.79 Å². The molecule has 0 aliphatic carbocycles. The number of nitrogens with zero attached hydrogens (tertiary/aromatic N) is 1. The van der Waals surface area contributed by atoms with Gasteiger partial charge in [0, 0.05) is 30.4 Å². The van der Waals surface area contributed by atoms with Crippen molar-refractivity contribution in [3.8, 4) is 23.0 Å². The van der Waals surface area contributed by atoms with Crippen molar-refractivity contribution in [3.63, 3.8) is 0 Å². The van der Waals surface area contributed by atoms with Crippen molar-refractivity contribution in [1.29, 1.82) is 0 Å². The molecule has 2 aromatic rings. The van der Waals surface area contributed by atoms with Gasteiger partial charge in [-0.3, -0.25) is 4.79 Å². The van der Waals surface area contributed by atoms with Crippen LogP contribution in [-0.2, 0) is 4.79 Å². The minimum atomic E-state index is -0.661. The number of benzene rings is 2. The van der Waals surface area contributed by atoms with E-state index < -0.39 is 11.4 Å². The number of carbonyl (C=O) groups excluding carboxylic acids is 2. The van der Waals surface area contributed by atoms with Crippen molar-refractivity contribution in [2.24, 2.45) is 11.3 Å². The Labute approximate surface area is 200 Å². The van der Waals surface area contributed by atoms with E-state index in [4.69, 9.17) is 18.9 Å². The molecule has 0 aromatic heterocycles. The van der Waals surface area contributed by atoms with Crippen LogP contribution in [0.1, 0.15) is 27.7 Å². The summed E-state index contributed by atoms with van der Waals surface area (Å²) < 4.78 is 22.0. The van der Waals surface area contributed by atoms with Crippen molar-refractivity contribution in [3.05, 3.63) is 30.3 Å². The lowest BCUT2D eigenvalue weighted by molar-refractivity contribution is -0.127. The number of amides is 3. The first-order valence-corrected chi connectivity index (χ1v) is 11.1. The van der Waals surface area contributed by atoms with Crippen LogP contribution in [-0.4, -0.2) is 46.4 Å². The Morgan fingerprint density at radius 1 is 1.03 bits per heavy atom. The van der Waals surface area contributed by atoms with Gasteiger partial charge in [0.25, 0.3) is 0 Å². The molecule has 0 bridgehead atoms. The fraction of sp³-hybridized carbons (Fsp3) is 0.440. The maximum atomic E-state index is 13.1. The first kappa shape index (κ1) is 25.0. The zero-order valence-corrected chi connectivity index (χ0v) is 20.8. The van der Waals surface area contributed by atoms with Gasteiger partial charge in [-0.15, -0.1) is 0 Å². The predicted octanol–water partition coefficient (Wildman–Crippen LogP) is 4.76. The Bertz CT molecular complexity index is 1040. The number of hydrogen-bond donors (Lipinski definition) is 2. The summed E-state index contributed by atoms with van der Waals surface area (Å²) in [5.41, 5.74) is 1.03. The molecule has 3 amide bonds. The van der Waals surface area contributed by atoms with Crippen molar-refractivity contribution in [2.75, 3.05) is 50.0 Å². The van der Waals surface area contributed by atoms with Crippen molar-refractivity contribution < 1.29 is 28.5 Å². The summed E-state index contributed by atoms with van der Waals surface area (Å²) in [6.45, 7) is 8.70. The van der Waals surface area contributed by atoms with Gasteiger partial charge in [0.05, 0.1) is 38.1 Å². The zero-order valence-electron chi connectivity index (χ0n) is 20.8. The molecule has 0 spiro atoms. The van der Waals surface area contributed by atoms with E-state index in [0.717, 1.165) is 0 Å². The summed E-state index contributed by atoms with van der Waals surface area (Å²) in [5, 5.41) is 5.57. The van der Waals surface area contributed by atoms with Gasteiger partial charge < -0.3 is 34.5 Å². The van der Waals surface area contributed by atoms with E-state index in [0.29, 0.717) is 46.6 Å². The number of rotatable bonds is 7. The Morgan fingerprint density at radius 3 is 2.21 bits per heavy atom. The van der Waals surface area contributed by atoms with Crippen LogP contribution in [0.3, 0.4) is 0 Å². The lowest BCUT2D eigenvalue weighted by Crippen LogP contribution is -2.43. The number of hydrogen-bond acceptors (Lipinski definition) is 6. The summed E-state index contributed by atoms with van der Waals surface area (Å²) >= 11 is 0. The van der Waals surface area contributed by atoms with Gasteiger partial charge in [-0.2, -0.15) is 0 Å². The molecule has 1 heterocycles. The molecule has 0 atom stereocenters. The van der Waals surface area contributed by atoms with Gasteiger partial charge in [-0.05, 0) is 31.9 Å². The Kier molecular flexibility index (Phi) is 7.44. The number of anilines is 3. The standard InChI is InChI=1S/C25H33N3O6/c1-15(2)13-28-18-9-8-16(10-19(18)34-14-25(3,4)23(28)29)26-24(30)27-17-11-20(31-5)22(33-7)21(12-17)32-6/h8-12,15H,13-14H2,1-7H3,(H2,26,27,30). The van der Waals surface area contributed by atoms with Crippen molar-refractivity contribution in [1.82, 2.24) is 0 Å². The van der Waals surface area contributed by atoms with E-state index in [2.05, 4.69) is 24.5 Å². The molecule has 1 aliphatic heterocycles. The van der Waals surface area contributed by atoms with Gasteiger partial charge >= 0.3 is 6.03 Å². The molecule has 1 aliphatic rings. The second-order valence-electron chi connectivity index (χ2n) is 9.16. The van der Waals surface area contributed by atoms with Crippen LogP contribution in [0.25, 0.3) is 0 Å². The first-order chi connectivity index (χ1) is 16.1. The van der Waals surface area contributed by atoms with Crippen LogP contribution >= 0.6 is 0 Å². The third kappa shape index (κ3) is 5.30. The summed E-state index contributed by atoms with van der Waals surface area (Å²) in [5.74, 6) is 2.13. The van der Waals surface area contributed by atoms with Crippen LogP contribution in [0.15, 0.2) is 30.3 Å². The van der Waals surface area contributed by atoms with Crippen LogP contribution in [0.5, 0.6) is 23.0 Å². The second kappa shape index (κ2) is 10.1. The molecule has 0 saturated heterocycles. The summed E-state index contributed by atoms with van der Waals surface area (Å²) in [7, 11) is 4.52. The number of carbonyl (C=O) groups is 2. The summed E-state index contributed by atoms with van der Waals surface area (Å²) in [6.07, 6.45) is 0. The normalized spacial score (nSPS) is 14.6. The molecule has 9 heteroatoms. The average molecular weight is 472 g/mol. The largest absolute Gasteiger partial charge is 0.493 e. The Balaban J connectivity index is 1.82. The average Bonchev–Trinajstić information content (AvgIpc) is 2.88. The van der Waals surface area contributed by atoms with Crippen LogP contribution in [0, 0.1) is 11.3 Å². The van der Waals surface area contributed by atoms with E-state index in [9.17, 15) is 9.59 Å². The van der Waals surface area contributed by atoms with E-state index in [-0.39, 0.29) is 18.4 Å². The SMILES string of the molecule is COc1cc(NC(=O)Nc2ccc3c(c2)OCC(C)(C)C(=O)N3CC(C)C)cc(OC)c1OC. The van der Waals surface area contributed by atoms with Crippen molar-refractivity contribution in [2.45, 2.75) is 27.7 Å². The number of nitrogens with one attached hydrogen (secondary N) is 2. The lowest BCUT2D eigenvalue weighted by atomic mass is 9.92. The van der Waals surface area contributed by atoms with Crippen molar-refractivity contribution >= 4 is 29.0 Å². The quantitative estimate of drug-likeness (QED) is 0.604. The third-order valence-corrected chi connectivity index (χ3v) is 5.39. The molecule has 0 radical (unpaired) electrons. The second-order valence-corrected chi connectivity index (χ2v) is 9.16. The first-order valence-electron chi connectivity index (χ1n) is 11.1. The molecule has 0 fully saturated rings. The Morgan fingerprint density at radius 2 is 1.65 bits per heavy atom. The smallest absolute Gasteiger partial charge is 0.323 e. The number of fused-ring (bicyclic) bond motifs is 1. The predicted molar refractivity (Wildman–Crippen MR) is 132 cm³/mol. The molecule has 2 N–H and O–H groups in total. The van der Waals surface area contributed by atoms with Crippen LogP contribution in [0.4, 0.5) is 21.9 Å². The lowest BCUT2D eigenvalue weighted by Gasteiger charge is -2.29. The molecule has 184 valence electrons. The fourth-order valence-corrected chi connectivity index (χ4v) is 3.72. The minimum absolute atomic E-state index is 0.0146. The van der Waals surface area contributed by atoms with E-state index >= 15 is 0 Å². The summed E-state index contributed by atoms with van der Waals surface area (Å²) in [4.78, 5) is 27.6. The van der Waals surface area contributed by atoms with E-state index in [1.165, 1.54) is 21.3 Å². The highest BCUT2D eigenvalue weighted by Crippen LogP contribution is 2.41. The molecule has 0 saturated carbocycles. The van der Waals surface area contributed by atoms with Crippen LogP contribution < -0.4 is 34.5 Å². The zero-order chi connectivity index (χ0) is 25.0. The molecule has 34 heavy (non-hydrogen) atoms. The van der Waals surface area contributed by atoms with E-state index in [1.807, 2.05) is 13.8 Å². The van der Waals surface area contributed by atoms with Crippen LogP contribution in [0.2, 0.25) is 0 Å². The highest BCUT2D eigenvalue weighted by molar-refractivity contribution is 6.02. The highest BCUT2D eigenvalue weighted by Gasteiger charge is 2.38. The highest BCUT2D eigenvalue weighted by atomic mass is 16.5. The molecule has 0 unspecified atom stereocenters. The molecular formula is C25H33N3O6. The number of ether oxygens (including phenoxy) is 4. The number of urea groups is 1. The minimum Gasteiger partial charge on any atom is -0.493 e. The molecular weight excluding hydrogens is 438 g/mol. The van der Waals surface area contributed by atoms with Gasteiger partial charge in [-0.1, -0.05) is 13.8 Å². The van der Waals surface area contributed by atoms with Gasteiger partial charge in [0.15, 0.2) is 11.5 Å². The number of methoxy groups -OCH3 is 3. The monoisotopic (exact) mass is 471 g/mol. The molecule has 2 aromatic carbocycles. The Hall–Kier alpha value is -3.62. The maximum Gasteiger partial charge on any atom is 0.323 e.